The second-order valence-corrected chi connectivity index (χ2v) is 4.36. The maximum atomic E-state index is 12.9. The Morgan fingerprint density at radius 2 is 2.00 bits per heavy atom. The number of hydrogen-bond acceptors (Lipinski definition) is 2. The number of hydrogen-bond donors (Lipinski definition) is 1. The summed E-state index contributed by atoms with van der Waals surface area (Å²) < 4.78 is 12.9. The van der Waals surface area contributed by atoms with E-state index in [4.69, 9.17) is 11.6 Å². The number of likely N-dealkylation sites (N-methyl/N-ethyl adjacent to an activating group) is 1. The van der Waals surface area contributed by atoms with E-state index in [0.717, 1.165) is 38.3 Å². The van der Waals surface area contributed by atoms with Crippen LogP contribution >= 0.6 is 11.6 Å². The molecular formula is C13H20ClFN2. The van der Waals surface area contributed by atoms with Gasteiger partial charge in [-0.2, -0.15) is 0 Å². The lowest BCUT2D eigenvalue weighted by atomic mass is 10.2. The highest BCUT2D eigenvalue weighted by atomic mass is 35.5. The van der Waals surface area contributed by atoms with E-state index in [1.165, 1.54) is 6.07 Å². The van der Waals surface area contributed by atoms with E-state index in [9.17, 15) is 4.39 Å². The minimum absolute atomic E-state index is 0.188. The molecule has 17 heavy (non-hydrogen) atoms. The van der Waals surface area contributed by atoms with Crippen LogP contribution in [-0.4, -0.2) is 31.1 Å². The van der Waals surface area contributed by atoms with Gasteiger partial charge >= 0.3 is 0 Å². The summed E-state index contributed by atoms with van der Waals surface area (Å²) in [6.07, 6.45) is 0. The van der Waals surface area contributed by atoms with Crippen LogP contribution in [0.15, 0.2) is 18.2 Å². The lowest BCUT2D eigenvalue weighted by Crippen LogP contribution is -2.31. The predicted molar refractivity (Wildman–Crippen MR) is 70.9 cm³/mol. The van der Waals surface area contributed by atoms with Gasteiger partial charge in [-0.05, 0) is 30.8 Å². The second kappa shape index (κ2) is 7.64. The SMILES string of the molecule is CCN(CC)CCNCc1ccc(F)c(Cl)c1. The number of rotatable bonds is 7. The number of benzene rings is 1. The Labute approximate surface area is 108 Å². The Balaban J connectivity index is 2.28. The summed E-state index contributed by atoms with van der Waals surface area (Å²) in [5, 5.41) is 3.51. The Morgan fingerprint density at radius 1 is 1.29 bits per heavy atom. The molecule has 4 heteroatoms. The van der Waals surface area contributed by atoms with E-state index in [-0.39, 0.29) is 10.8 Å². The van der Waals surface area contributed by atoms with Gasteiger partial charge in [0.1, 0.15) is 5.82 Å². The first-order valence-electron chi connectivity index (χ1n) is 6.04. The monoisotopic (exact) mass is 258 g/mol. The van der Waals surface area contributed by atoms with Gasteiger partial charge in [-0.15, -0.1) is 0 Å². The van der Waals surface area contributed by atoms with Crippen LogP contribution in [-0.2, 0) is 6.54 Å². The van der Waals surface area contributed by atoms with Gasteiger partial charge in [-0.3, -0.25) is 0 Å². The molecule has 0 aliphatic rings. The Bertz CT molecular complexity index is 340. The van der Waals surface area contributed by atoms with Gasteiger partial charge in [0.25, 0.3) is 0 Å². The van der Waals surface area contributed by atoms with Crippen molar-refractivity contribution in [2.24, 2.45) is 0 Å². The standard InChI is InChI=1S/C13H20ClFN2/c1-3-17(4-2)8-7-16-10-11-5-6-13(15)12(14)9-11/h5-6,9,16H,3-4,7-8,10H2,1-2H3. The van der Waals surface area contributed by atoms with E-state index in [0.29, 0.717) is 0 Å². The van der Waals surface area contributed by atoms with Crippen molar-refractivity contribution in [3.63, 3.8) is 0 Å². The van der Waals surface area contributed by atoms with Crippen LogP contribution in [0.2, 0.25) is 5.02 Å². The molecule has 1 aromatic carbocycles. The van der Waals surface area contributed by atoms with Crippen LogP contribution in [0, 0.1) is 5.82 Å². The van der Waals surface area contributed by atoms with Gasteiger partial charge in [0.05, 0.1) is 5.02 Å². The molecule has 0 aliphatic carbocycles. The highest BCUT2D eigenvalue weighted by Crippen LogP contribution is 2.15. The van der Waals surface area contributed by atoms with Crippen LogP contribution in [0.3, 0.4) is 0 Å². The molecule has 0 unspecified atom stereocenters. The fourth-order valence-corrected chi connectivity index (χ4v) is 1.86. The van der Waals surface area contributed by atoms with Gasteiger partial charge in [0.15, 0.2) is 0 Å². The molecule has 0 aromatic heterocycles. The van der Waals surface area contributed by atoms with Crippen molar-refractivity contribution in [3.8, 4) is 0 Å². The largest absolute Gasteiger partial charge is 0.311 e. The van der Waals surface area contributed by atoms with Crippen LogP contribution in [0.25, 0.3) is 0 Å². The topological polar surface area (TPSA) is 15.3 Å². The lowest BCUT2D eigenvalue weighted by Gasteiger charge is -2.18. The summed E-state index contributed by atoms with van der Waals surface area (Å²) in [5.41, 5.74) is 1.01. The molecule has 1 aromatic rings. The molecule has 0 spiro atoms. The van der Waals surface area contributed by atoms with Gasteiger partial charge in [0.2, 0.25) is 0 Å². The van der Waals surface area contributed by atoms with Crippen LogP contribution < -0.4 is 5.32 Å². The molecule has 96 valence electrons. The second-order valence-electron chi connectivity index (χ2n) is 3.95. The molecular weight excluding hydrogens is 239 g/mol. The average Bonchev–Trinajstić information content (AvgIpc) is 2.34. The Hall–Kier alpha value is -0.640. The van der Waals surface area contributed by atoms with Crippen molar-refractivity contribution in [1.29, 1.82) is 0 Å². The summed E-state index contributed by atoms with van der Waals surface area (Å²) in [6.45, 7) is 9.13. The molecule has 0 aliphatic heterocycles. The average molecular weight is 259 g/mol. The van der Waals surface area contributed by atoms with Gasteiger partial charge in [-0.1, -0.05) is 31.5 Å². The fourth-order valence-electron chi connectivity index (χ4n) is 1.66. The van der Waals surface area contributed by atoms with Crippen molar-refractivity contribution in [1.82, 2.24) is 10.2 Å². The van der Waals surface area contributed by atoms with E-state index in [2.05, 4.69) is 24.1 Å². The highest BCUT2D eigenvalue weighted by molar-refractivity contribution is 6.30. The smallest absolute Gasteiger partial charge is 0.141 e. The highest BCUT2D eigenvalue weighted by Gasteiger charge is 2.01. The predicted octanol–water partition coefficient (Wildman–Crippen LogP) is 2.91. The lowest BCUT2D eigenvalue weighted by molar-refractivity contribution is 0.302. The maximum Gasteiger partial charge on any atom is 0.141 e. The van der Waals surface area contributed by atoms with Crippen LogP contribution in [0.4, 0.5) is 4.39 Å². The first-order valence-corrected chi connectivity index (χ1v) is 6.42. The number of nitrogens with one attached hydrogen (secondary N) is 1. The minimum Gasteiger partial charge on any atom is -0.311 e. The molecule has 0 heterocycles. The third kappa shape index (κ3) is 5.02. The zero-order valence-electron chi connectivity index (χ0n) is 10.5. The summed E-state index contributed by atoms with van der Waals surface area (Å²) in [4.78, 5) is 2.35. The molecule has 1 rings (SSSR count). The normalized spacial score (nSPS) is 11.1. The molecule has 0 fully saturated rings. The molecule has 0 atom stereocenters. The first kappa shape index (κ1) is 14.4. The van der Waals surface area contributed by atoms with Gasteiger partial charge in [0, 0.05) is 19.6 Å². The van der Waals surface area contributed by atoms with E-state index < -0.39 is 0 Å². The zero-order chi connectivity index (χ0) is 12.7. The van der Waals surface area contributed by atoms with Crippen molar-refractivity contribution in [2.45, 2.75) is 20.4 Å². The van der Waals surface area contributed by atoms with Crippen molar-refractivity contribution in [2.75, 3.05) is 26.2 Å². The Kier molecular flexibility index (Phi) is 6.48. The number of halogens is 2. The third-order valence-electron chi connectivity index (χ3n) is 2.81. The quantitative estimate of drug-likeness (QED) is 0.757. The molecule has 0 saturated carbocycles. The summed E-state index contributed by atoms with van der Waals surface area (Å²) in [5.74, 6) is -0.362. The third-order valence-corrected chi connectivity index (χ3v) is 3.10. The number of nitrogens with zero attached hydrogens (tertiary/aromatic N) is 1. The van der Waals surface area contributed by atoms with Crippen molar-refractivity contribution < 1.29 is 4.39 Å². The summed E-state index contributed by atoms with van der Waals surface area (Å²) >= 11 is 5.71. The summed E-state index contributed by atoms with van der Waals surface area (Å²) in [6, 6.07) is 4.83. The minimum atomic E-state index is -0.362. The molecule has 0 saturated heterocycles. The maximum absolute atomic E-state index is 12.9. The summed E-state index contributed by atoms with van der Waals surface area (Å²) in [7, 11) is 0. The molecule has 2 nitrogen and oxygen atoms in total. The van der Waals surface area contributed by atoms with Crippen molar-refractivity contribution >= 4 is 11.6 Å². The van der Waals surface area contributed by atoms with E-state index in [1.54, 1.807) is 12.1 Å². The zero-order valence-corrected chi connectivity index (χ0v) is 11.2. The van der Waals surface area contributed by atoms with Crippen LogP contribution in [0.5, 0.6) is 0 Å². The van der Waals surface area contributed by atoms with Crippen LogP contribution in [0.1, 0.15) is 19.4 Å². The molecule has 1 N–H and O–H groups in total. The van der Waals surface area contributed by atoms with Gasteiger partial charge in [-0.25, -0.2) is 4.39 Å². The first-order chi connectivity index (χ1) is 8.17. The molecule has 0 amide bonds. The van der Waals surface area contributed by atoms with Gasteiger partial charge < -0.3 is 10.2 Å². The van der Waals surface area contributed by atoms with E-state index >= 15 is 0 Å². The Morgan fingerprint density at radius 3 is 2.59 bits per heavy atom. The fraction of sp³-hybridized carbons (Fsp3) is 0.538. The van der Waals surface area contributed by atoms with Crippen molar-refractivity contribution in [3.05, 3.63) is 34.6 Å². The molecule has 0 radical (unpaired) electrons. The molecule has 0 bridgehead atoms. The van der Waals surface area contributed by atoms with E-state index in [1.807, 2.05) is 0 Å².